The lowest BCUT2D eigenvalue weighted by Gasteiger charge is -2.14. The third kappa shape index (κ3) is 3.59. The summed E-state index contributed by atoms with van der Waals surface area (Å²) in [6.07, 6.45) is 5.94. The Bertz CT molecular complexity index is 523. The zero-order valence-electron chi connectivity index (χ0n) is 12.3. The summed E-state index contributed by atoms with van der Waals surface area (Å²) < 4.78 is 1.83. The predicted octanol–water partition coefficient (Wildman–Crippen LogP) is 3.17. The standard InChI is InChI=1S/C16H23N3O/c1-3-7-13(8-4-2)16(20)17-12-14-11-15-9-5-6-10-19(15)18-14/h5-6,9-11,13H,3-4,7-8,12H2,1-2H3,(H,17,20). The van der Waals surface area contributed by atoms with E-state index in [-0.39, 0.29) is 11.8 Å². The van der Waals surface area contributed by atoms with E-state index in [4.69, 9.17) is 0 Å². The summed E-state index contributed by atoms with van der Waals surface area (Å²) >= 11 is 0. The highest BCUT2D eigenvalue weighted by molar-refractivity contribution is 5.78. The third-order valence-electron chi connectivity index (χ3n) is 3.51. The highest BCUT2D eigenvalue weighted by Gasteiger charge is 2.16. The molecule has 0 saturated heterocycles. The minimum Gasteiger partial charge on any atom is -0.350 e. The fourth-order valence-electron chi connectivity index (χ4n) is 2.50. The van der Waals surface area contributed by atoms with E-state index in [1.54, 1.807) is 0 Å². The molecule has 0 spiro atoms. The molecule has 0 aliphatic rings. The first-order valence-electron chi connectivity index (χ1n) is 7.45. The number of rotatable bonds is 7. The van der Waals surface area contributed by atoms with Crippen LogP contribution in [0.25, 0.3) is 5.52 Å². The van der Waals surface area contributed by atoms with Crippen LogP contribution in [0.2, 0.25) is 0 Å². The number of aromatic nitrogens is 2. The van der Waals surface area contributed by atoms with Gasteiger partial charge in [-0.2, -0.15) is 5.10 Å². The second kappa shape index (κ2) is 7.08. The number of nitrogens with zero attached hydrogens (tertiary/aromatic N) is 2. The first kappa shape index (κ1) is 14.6. The predicted molar refractivity (Wildman–Crippen MR) is 80.3 cm³/mol. The average Bonchev–Trinajstić information content (AvgIpc) is 2.87. The normalized spacial score (nSPS) is 11.2. The smallest absolute Gasteiger partial charge is 0.223 e. The lowest BCUT2D eigenvalue weighted by molar-refractivity contribution is -0.125. The number of pyridine rings is 1. The molecule has 1 amide bonds. The summed E-state index contributed by atoms with van der Waals surface area (Å²) in [6, 6.07) is 7.95. The van der Waals surface area contributed by atoms with E-state index in [1.807, 2.05) is 35.0 Å². The summed E-state index contributed by atoms with van der Waals surface area (Å²) in [4.78, 5) is 12.2. The van der Waals surface area contributed by atoms with Gasteiger partial charge in [-0.3, -0.25) is 4.79 Å². The van der Waals surface area contributed by atoms with Crippen LogP contribution in [0.4, 0.5) is 0 Å². The van der Waals surface area contributed by atoms with Gasteiger partial charge in [-0.1, -0.05) is 32.8 Å². The van der Waals surface area contributed by atoms with E-state index in [0.717, 1.165) is 36.9 Å². The average molecular weight is 273 g/mol. The van der Waals surface area contributed by atoms with Crippen LogP contribution in [0.5, 0.6) is 0 Å². The Balaban J connectivity index is 1.94. The molecule has 108 valence electrons. The molecule has 0 aliphatic carbocycles. The van der Waals surface area contributed by atoms with Crippen molar-refractivity contribution in [3.05, 3.63) is 36.2 Å². The number of fused-ring (bicyclic) bond motifs is 1. The second-order valence-electron chi connectivity index (χ2n) is 5.20. The van der Waals surface area contributed by atoms with E-state index in [9.17, 15) is 4.79 Å². The summed E-state index contributed by atoms with van der Waals surface area (Å²) in [5, 5.41) is 7.45. The number of hydrogen-bond donors (Lipinski definition) is 1. The van der Waals surface area contributed by atoms with Gasteiger partial charge in [-0.25, -0.2) is 4.52 Å². The Labute approximate surface area is 120 Å². The van der Waals surface area contributed by atoms with Gasteiger partial charge in [0.2, 0.25) is 5.91 Å². The van der Waals surface area contributed by atoms with Gasteiger partial charge in [0.25, 0.3) is 0 Å². The second-order valence-corrected chi connectivity index (χ2v) is 5.20. The molecule has 0 bridgehead atoms. The minimum atomic E-state index is 0.141. The van der Waals surface area contributed by atoms with Crippen molar-refractivity contribution in [1.29, 1.82) is 0 Å². The molecule has 2 aromatic heterocycles. The number of nitrogens with one attached hydrogen (secondary N) is 1. The summed E-state index contributed by atoms with van der Waals surface area (Å²) in [5.41, 5.74) is 1.95. The van der Waals surface area contributed by atoms with Crippen molar-refractivity contribution in [3.63, 3.8) is 0 Å². The van der Waals surface area contributed by atoms with Crippen LogP contribution in [0, 0.1) is 5.92 Å². The van der Waals surface area contributed by atoms with Crippen molar-refractivity contribution in [1.82, 2.24) is 14.9 Å². The minimum absolute atomic E-state index is 0.141. The van der Waals surface area contributed by atoms with E-state index in [2.05, 4.69) is 24.3 Å². The SMILES string of the molecule is CCCC(CCC)C(=O)NCc1cc2ccccn2n1. The largest absolute Gasteiger partial charge is 0.350 e. The summed E-state index contributed by atoms with van der Waals surface area (Å²) in [5.74, 6) is 0.299. The maximum absolute atomic E-state index is 12.2. The van der Waals surface area contributed by atoms with Crippen LogP contribution in [0.3, 0.4) is 0 Å². The highest BCUT2D eigenvalue weighted by Crippen LogP contribution is 2.14. The molecular weight excluding hydrogens is 250 g/mol. The molecule has 0 saturated carbocycles. The number of carbonyl (C=O) groups excluding carboxylic acids is 1. The molecule has 20 heavy (non-hydrogen) atoms. The van der Waals surface area contributed by atoms with Crippen LogP contribution in [-0.4, -0.2) is 15.5 Å². The first-order valence-corrected chi connectivity index (χ1v) is 7.45. The van der Waals surface area contributed by atoms with E-state index in [1.165, 1.54) is 0 Å². The van der Waals surface area contributed by atoms with Crippen LogP contribution < -0.4 is 5.32 Å². The van der Waals surface area contributed by atoms with Gasteiger partial charge in [-0.15, -0.1) is 0 Å². The zero-order valence-corrected chi connectivity index (χ0v) is 12.3. The molecule has 2 heterocycles. The monoisotopic (exact) mass is 273 g/mol. The molecule has 0 atom stereocenters. The van der Waals surface area contributed by atoms with E-state index in [0.29, 0.717) is 6.54 Å². The Morgan fingerprint density at radius 3 is 2.70 bits per heavy atom. The molecule has 0 aromatic carbocycles. The fraction of sp³-hybridized carbons (Fsp3) is 0.500. The molecule has 0 unspecified atom stereocenters. The van der Waals surface area contributed by atoms with Crippen LogP contribution in [-0.2, 0) is 11.3 Å². The van der Waals surface area contributed by atoms with Crippen molar-refractivity contribution in [2.45, 2.75) is 46.1 Å². The molecular formula is C16H23N3O. The third-order valence-corrected chi connectivity index (χ3v) is 3.51. The highest BCUT2D eigenvalue weighted by atomic mass is 16.1. The van der Waals surface area contributed by atoms with Gasteiger partial charge >= 0.3 is 0 Å². The van der Waals surface area contributed by atoms with Gasteiger partial charge in [0, 0.05) is 12.1 Å². The quantitative estimate of drug-likeness (QED) is 0.842. The number of hydrogen-bond acceptors (Lipinski definition) is 2. The van der Waals surface area contributed by atoms with Crippen LogP contribution in [0.15, 0.2) is 30.5 Å². The topological polar surface area (TPSA) is 46.4 Å². The van der Waals surface area contributed by atoms with Crippen LogP contribution in [0.1, 0.15) is 45.2 Å². The van der Waals surface area contributed by atoms with Gasteiger partial charge < -0.3 is 5.32 Å². The van der Waals surface area contributed by atoms with Gasteiger partial charge in [0.15, 0.2) is 0 Å². The maximum atomic E-state index is 12.2. The molecule has 0 fully saturated rings. The molecule has 0 aliphatic heterocycles. The van der Waals surface area contributed by atoms with Crippen LogP contribution >= 0.6 is 0 Å². The van der Waals surface area contributed by atoms with Gasteiger partial charge in [0.05, 0.1) is 17.8 Å². The molecule has 2 rings (SSSR count). The summed E-state index contributed by atoms with van der Waals surface area (Å²) in [7, 11) is 0. The molecule has 2 aromatic rings. The Morgan fingerprint density at radius 1 is 1.30 bits per heavy atom. The molecule has 4 heteroatoms. The maximum Gasteiger partial charge on any atom is 0.223 e. The lowest BCUT2D eigenvalue weighted by atomic mass is 9.97. The molecule has 1 N–H and O–H groups in total. The first-order chi connectivity index (χ1) is 9.74. The van der Waals surface area contributed by atoms with Crippen molar-refractivity contribution in [2.24, 2.45) is 5.92 Å². The van der Waals surface area contributed by atoms with E-state index < -0.39 is 0 Å². The van der Waals surface area contributed by atoms with Crippen molar-refractivity contribution in [2.75, 3.05) is 0 Å². The molecule has 0 radical (unpaired) electrons. The Hall–Kier alpha value is -1.84. The fourth-order valence-corrected chi connectivity index (χ4v) is 2.50. The van der Waals surface area contributed by atoms with Crippen molar-refractivity contribution >= 4 is 11.4 Å². The van der Waals surface area contributed by atoms with Gasteiger partial charge in [-0.05, 0) is 31.0 Å². The Kier molecular flexibility index (Phi) is 5.16. The Morgan fingerprint density at radius 2 is 2.05 bits per heavy atom. The van der Waals surface area contributed by atoms with Crippen molar-refractivity contribution < 1.29 is 4.79 Å². The van der Waals surface area contributed by atoms with Gasteiger partial charge in [0.1, 0.15) is 0 Å². The number of carbonyl (C=O) groups is 1. The zero-order chi connectivity index (χ0) is 14.4. The molecule has 4 nitrogen and oxygen atoms in total. The number of amides is 1. The van der Waals surface area contributed by atoms with E-state index >= 15 is 0 Å². The summed E-state index contributed by atoms with van der Waals surface area (Å²) in [6.45, 7) is 4.75. The lowest BCUT2D eigenvalue weighted by Crippen LogP contribution is -2.30. The van der Waals surface area contributed by atoms with Crippen molar-refractivity contribution in [3.8, 4) is 0 Å².